The highest BCUT2D eigenvalue weighted by Crippen LogP contribution is 2.31. The Morgan fingerprint density at radius 1 is 1.25 bits per heavy atom. The number of aromatic nitrogens is 3. The molecule has 4 rings (SSSR count). The number of fused-ring (bicyclic) bond motifs is 1. The van der Waals surface area contributed by atoms with Crippen LogP contribution in [0.3, 0.4) is 0 Å². The van der Waals surface area contributed by atoms with Crippen LogP contribution in [0.25, 0.3) is 11.1 Å². The van der Waals surface area contributed by atoms with Crippen molar-refractivity contribution in [3.63, 3.8) is 0 Å². The zero-order valence-corrected chi connectivity index (χ0v) is 13.9. The summed E-state index contributed by atoms with van der Waals surface area (Å²) in [6.45, 7) is 2.84. The maximum Gasteiger partial charge on any atom is 0.240 e. The Morgan fingerprint density at radius 2 is 2.08 bits per heavy atom. The summed E-state index contributed by atoms with van der Waals surface area (Å²) in [7, 11) is 0. The van der Waals surface area contributed by atoms with E-state index < -0.39 is 0 Å². The van der Waals surface area contributed by atoms with Crippen molar-refractivity contribution in [3.8, 4) is 0 Å². The Kier molecular flexibility index (Phi) is 4.22. The summed E-state index contributed by atoms with van der Waals surface area (Å²) in [5.74, 6) is 2.30. The molecule has 2 aromatic heterocycles. The second-order valence-corrected chi connectivity index (χ2v) is 6.46. The van der Waals surface area contributed by atoms with Crippen LogP contribution in [0.1, 0.15) is 36.4 Å². The van der Waals surface area contributed by atoms with Gasteiger partial charge in [-0.1, -0.05) is 16.8 Å². The van der Waals surface area contributed by atoms with E-state index in [9.17, 15) is 0 Å². The van der Waals surface area contributed by atoms with E-state index in [2.05, 4.69) is 20.0 Å². The molecule has 0 amide bonds. The second kappa shape index (κ2) is 6.51. The molecule has 0 radical (unpaired) electrons. The van der Waals surface area contributed by atoms with E-state index >= 15 is 0 Å². The highest BCUT2D eigenvalue weighted by atomic mass is 35.5. The number of oxazole rings is 1. The van der Waals surface area contributed by atoms with Gasteiger partial charge in [0.2, 0.25) is 5.89 Å². The maximum absolute atomic E-state index is 6.01. The first-order valence-corrected chi connectivity index (χ1v) is 8.39. The van der Waals surface area contributed by atoms with E-state index in [1.54, 1.807) is 0 Å². The van der Waals surface area contributed by atoms with Gasteiger partial charge in [0, 0.05) is 10.9 Å². The largest absolute Gasteiger partial charge is 0.440 e. The predicted octanol–water partition coefficient (Wildman–Crippen LogP) is 2.70. The van der Waals surface area contributed by atoms with Crippen molar-refractivity contribution in [2.75, 3.05) is 13.1 Å². The second-order valence-electron chi connectivity index (χ2n) is 6.02. The minimum absolute atomic E-state index is 0.275. The molecule has 0 unspecified atom stereocenters. The Hall–Kier alpha value is -1.96. The van der Waals surface area contributed by atoms with Crippen LogP contribution in [-0.2, 0) is 13.1 Å². The summed E-state index contributed by atoms with van der Waals surface area (Å²) in [6.07, 6.45) is 1.98. The van der Waals surface area contributed by atoms with E-state index in [0.29, 0.717) is 29.2 Å². The fourth-order valence-electron chi connectivity index (χ4n) is 3.07. The van der Waals surface area contributed by atoms with Crippen molar-refractivity contribution in [2.24, 2.45) is 5.73 Å². The lowest BCUT2D eigenvalue weighted by atomic mass is 9.97. The monoisotopic (exact) mass is 347 g/mol. The van der Waals surface area contributed by atoms with Gasteiger partial charge in [0.25, 0.3) is 0 Å². The third-order valence-corrected chi connectivity index (χ3v) is 4.59. The number of piperidine rings is 1. The van der Waals surface area contributed by atoms with Gasteiger partial charge in [0.05, 0.1) is 13.1 Å². The summed E-state index contributed by atoms with van der Waals surface area (Å²) in [4.78, 5) is 11.2. The fraction of sp³-hybridized carbons (Fsp3) is 0.438. The minimum Gasteiger partial charge on any atom is -0.440 e. The molecule has 0 saturated carbocycles. The number of hydrogen-bond donors (Lipinski definition) is 1. The van der Waals surface area contributed by atoms with Gasteiger partial charge in [-0.2, -0.15) is 4.98 Å². The number of benzene rings is 1. The molecule has 0 atom stereocenters. The Balaban J connectivity index is 1.39. The molecule has 1 aliphatic heterocycles. The van der Waals surface area contributed by atoms with E-state index in [0.717, 1.165) is 42.9 Å². The van der Waals surface area contributed by atoms with E-state index in [4.69, 9.17) is 26.3 Å². The molecular formula is C16H18ClN5O2. The van der Waals surface area contributed by atoms with Crippen LogP contribution in [0, 0.1) is 0 Å². The first-order chi connectivity index (χ1) is 11.7. The molecule has 0 spiro atoms. The van der Waals surface area contributed by atoms with Gasteiger partial charge in [-0.3, -0.25) is 4.90 Å². The van der Waals surface area contributed by atoms with Crippen molar-refractivity contribution >= 4 is 22.7 Å². The van der Waals surface area contributed by atoms with E-state index in [-0.39, 0.29) is 6.54 Å². The van der Waals surface area contributed by atoms with Crippen LogP contribution in [0.2, 0.25) is 5.02 Å². The number of halogens is 1. The third-order valence-electron chi connectivity index (χ3n) is 4.35. The predicted molar refractivity (Wildman–Crippen MR) is 88.5 cm³/mol. The quantitative estimate of drug-likeness (QED) is 0.775. The molecule has 3 heterocycles. The standard InChI is InChI=1S/C16H18ClN5O2/c17-11-1-2-13-12(7-11)19-16(23-13)10-3-5-22(6-4-10)9-14-20-15(8-18)24-21-14/h1-2,7,10H,3-6,8-9,18H2. The summed E-state index contributed by atoms with van der Waals surface area (Å²) >= 11 is 6.01. The van der Waals surface area contributed by atoms with Gasteiger partial charge in [-0.25, -0.2) is 4.98 Å². The molecule has 0 aliphatic carbocycles. The van der Waals surface area contributed by atoms with E-state index in [1.165, 1.54) is 0 Å². The average molecular weight is 348 g/mol. The number of likely N-dealkylation sites (tertiary alicyclic amines) is 1. The molecule has 7 nitrogen and oxygen atoms in total. The van der Waals surface area contributed by atoms with Gasteiger partial charge in [-0.15, -0.1) is 0 Å². The normalized spacial score (nSPS) is 16.9. The Morgan fingerprint density at radius 3 is 2.83 bits per heavy atom. The molecule has 126 valence electrons. The molecule has 1 saturated heterocycles. The average Bonchev–Trinajstić information content (AvgIpc) is 3.21. The lowest BCUT2D eigenvalue weighted by molar-refractivity contribution is 0.188. The van der Waals surface area contributed by atoms with Gasteiger partial charge >= 0.3 is 0 Å². The zero-order valence-electron chi connectivity index (χ0n) is 13.1. The SMILES string of the molecule is NCc1nc(CN2CCC(c3nc4cc(Cl)ccc4o3)CC2)no1. The van der Waals surface area contributed by atoms with Gasteiger partial charge in [0.1, 0.15) is 5.52 Å². The molecule has 1 aromatic carbocycles. The van der Waals surface area contributed by atoms with Crippen LogP contribution in [-0.4, -0.2) is 33.1 Å². The lowest BCUT2D eigenvalue weighted by Crippen LogP contribution is -2.32. The molecule has 8 heteroatoms. The zero-order chi connectivity index (χ0) is 16.5. The minimum atomic E-state index is 0.275. The van der Waals surface area contributed by atoms with Crippen molar-refractivity contribution in [1.29, 1.82) is 0 Å². The molecule has 1 aliphatic rings. The Labute approximate surface area is 143 Å². The van der Waals surface area contributed by atoms with Crippen LogP contribution in [0.4, 0.5) is 0 Å². The lowest BCUT2D eigenvalue weighted by Gasteiger charge is -2.29. The van der Waals surface area contributed by atoms with Gasteiger partial charge in [-0.05, 0) is 44.1 Å². The van der Waals surface area contributed by atoms with Crippen LogP contribution in [0.15, 0.2) is 27.1 Å². The number of nitrogens with zero attached hydrogens (tertiary/aromatic N) is 4. The van der Waals surface area contributed by atoms with Crippen molar-refractivity contribution in [3.05, 3.63) is 40.8 Å². The van der Waals surface area contributed by atoms with Crippen molar-refractivity contribution in [1.82, 2.24) is 20.0 Å². The number of hydrogen-bond acceptors (Lipinski definition) is 7. The molecule has 0 bridgehead atoms. The highest BCUT2D eigenvalue weighted by molar-refractivity contribution is 6.31. The maximum atomic E-state index is 6.01. The summed E-state index contributed by atoms with van der Waals surface area (Å²) in [5.41, 5.74) is 7.09. The number of nitrogens with two attached hydrogens (primary N) is 1. The van der Waals surface area contributed by atoms with Crippen molar-refractivity contribution in [2.45, 2.75) is 31.8 Å². The molecule has 24 heavy (non-hydrogen) atoms. The van der Waals surface area contributed by atoms with Crippen LogP contribution < -0.4 is 5.73 Å². The molecule has 2 N–H and O–H groups in total. The van der Waals surface area contributed by atoms with Gasteiger partial charge in [0.15, 0.2) is 17.3 Å². The molecule has 3 aromatic rings. The fourth-order valence-corrected chi connectivity index (χ4v) is 3.23. The van der Waals surface area contributed by atoms with Crippen LogP contribution >= 0.6 is 11.6 Å². The molecular weight excluding hydrogens is 330 g/mol. The number of rotatable bonds is 4. The molecule has 1 fully saturated rings. The Bertz CT molecular complexity index is 838. The smallest absolute Gasteiger partial charge is 0.240 e. The summed E-state index contributed by atoms with van der Waals surface area (Å²) < 4.78 is 10.9. The summed E-state index contributed by atoms with van der Waals surface area (Å²) in [6, 6.07) is 5.53. The van der Waals surface area contributed by atoms with Crippen LogP contribution in [0.5, 0.6) is 0 Å². The first kappa shape index (κ1) is 15.6. The highest BCUT2D eigenvalue weighted by Gasteiger charge is 2.25. The van der Waals surface area contributed by atoms with Crippen molar-refractivity contribution < 1.29 is 8.94 Å². The van der Waals surface area contributed by atoms with E-state index in [1.807, 2.05) is 18.2 Å². The van der Waals surface area contributed by atoms with Gasteiger partial charge < -0.3 is 14.7 Å². The topological polar surface area (TPSA) is 94.2 Å². The first-order valence-electron chi connectivity index (χ1n) is 8.01. The summed E-state index contributed by atoms with van der Waals surface area (Å²) in [5, 5.41) is 4.62. The third kappa shape index (κ3) is 3.15.